The van der Waals surface area contributed by atoms with Crippen molar-refractivity contribution in [1.29, 1.82) is 0 Å². The molecule has 0 aromatic carbocycles. The Morgan fingerprint density at radius 2 is 2.21 bits per heavy atom. The van der Waals surface area contributed by atoms with E-state index in [1.54, 1.807) is 0 Å². The van der Waals surface area contributed by atoms with Gasteiger partial charge in [0.15, 0.2) is 0 Å². The SMILES string of the molecule is NC1NN2CC(Cl)CNC2C1C(=O)NC1CNCCC1N1CCN2CNC=C2C1. The normalized spacial score (nSPS) is 40.8. The van der Waals surface area contributed by atoms with E-state index in [0.29, 0.717) is 19.1 Å². The van der Waals surface area contributed by atoms with Gasteiger partial charge in [0.05, 0.1) is 36.3 Å². The van der Waals surface area contributed by atoms with Crippen molar-refractivity contribution in [3.05, 3.63) is 11.9 Å². The predicted molar refractivity (Wildman–Crippen MR) is 110 cm³/mol. The van der Waals surface area contributed by atoms with Gasteiger partial charge in [-0.15, -0.1) is 11.6 Å². The average molecular weight is 426 g/mol. The Hall–Kier alpha value is -1.14. The lowest BCUT2D eigenvalue weighted by Crippen LogP contribution is -2.64. The minimum Gasteiger partial charge on any atom is -0.372 e. The summed E-state index contributed by atoms with van der Waals surface area (Å²) in [5.41, 5.74) is 10.8. The molecule has 0 radical (unpaired) electrons. The van der Waals surface area contributed by atoms with Crippen LogP contribution in [0, 0.1) is 5.92 Å². The average Bonchev–Trinajstić information content (AvgIpc) is 3.30. The fraction of sp³-hybridized carbons (Fsp3) is 0.833. The largest absolute Gasteiger partial charge is 0.372 e. The maximum Gasteiger partial charge on any atom is 0.229 e. The highest BCUT2D eigenvalue weighted by Gasteiger charge is 2.47. The van der Waals surface area contributed by atoms with E-state index in [0.717, 1.165) is 45.8 Å². The van der Waals surface area contributed by atoms with Gasteiger partial charge in [0, 0.05) is 57.2 Å². The third-order valence-electron chi connectivity index (χ3n) is 6.85. The van der Waals surface area contributed by atoms with Crippen molar-refractivity contribution >= 4 is 17.5 Å². The van der Waals surface area contributed by atoms with Gasteiger partial charge in [0.25, 0.3) is 0 Å². The molecule has 0 bridgehead atoms. The molecule has 0 spiro atoms. The van der Waals surface area contributed by atoms with E-state index >= 15 is 0 Å². The first-order chi connectivity index (χ1) is 14.1. The first-order valence-corrected chi connectivity index (χ1v) is 11.1. The molecule has 6 atom stereocenters. The number of nitrogens with two attached hydrogens (primary N) is 1. The van der Waals surface area contributed by atoms with Crippen LogP contribution in [0.4, 0.5) is 0 Å². The first kappa shape index (κ1) is 19.8. The fourth-order valence-corrected chi connectivity index (χ4v) is 5.58. The van der Waals surface area contributed by atoms with Crippen LogP contribution in [0.15, 0.2) is 11.9 Å². The Kier molecular flexibility index (Phi) is 5.59. The van der Waals surface area contributed by atoms with Gasteiger partial charge in [-0.2, -0.15) is 0 Å². The number of rotatable bonds is 3. The molecular weight excluding hydrogens is 394 g/mol. The van der Waals surface area contributed by atoms with E-state index in [4.69, 9.17) is 17.3 Å². The number of nitrogens with zero attached hydrogens (tertiary/aromatic N) is 3. The summed E-state index contributed by atoms with van der Waals surface area (Å²) in [6.45, 7) is 7.03. The lowest BCUT2D eigenvalue weighted by molar-refractivity contribution is -0.128. The standard InChI is InChI=1S/C18H32ClN9O/c19-11-5-23-17-15(16(20)25-28(17)8-11)18(29)24-13-7-21-2-1-14(13)26-3-4-27-10-22-6-12(27)9-26/h6,11,13-17,21-23,25H,1-5,7-10,20H2,(H,24,29). The Balaban J connectivity index is 1.25. The molecule has 4 fully saturated rings. The van der Waals surface area contributed by atoms with Crippen molar-refractivity contribution < 1.29 is 4.79 Å². The molecule has 7 N–H and O–H groups in total. The second kappa shape index (κ2) is 8.18. The fourth-order valence-electron chi connectivity index (χ4n) is 5.34. The third-order valence-corrected chi connectivity index (χ3v) is 7.14. The van der Waals surface area contributed by atoms with E-state index < -0.39 is 6.17 Å². The molecule has 11 heteroatoms. The first-order valence-electron chi connectivity index (χ1n) is 10.7. The Bertz CT molecular complexity index is 663. The molecule has 5 heterocycles. The summed E-state index contributed by atoms with van der Waals surface area (Å²) in [4.78, 5) is 18.2. The number of alkyl halides is 1. The zero-order valence-electron chi connectivity index (χ0n) is 16.6. The van der Waals surface area contributed by atoms with Crippen LogP contribution in [0.3, 0.4) is 0 Å². The van der Waals surface area contributed by atoms with Crippen molar-refractivity contribution in [3.63, 3.8) is 0 Å². The summed E-state index contributed by atoms with van der Waals surface area (Å²) in [6, 6.07) is 0.403. The Morgan fingerprint density at radius 3 is 3.10 bits per heavy atom. The van der Waals surface area contributed by atoms with Gasteiger partial charge in [-0.1, -0.05) is 0 Å². The smallest absolute Gasteiger partial charge is 0.229 e. The minimum absolute atomic E-state index is 0.0112. The van der Waals surface area contributed by atoms with Gasteiger partial charge in [-0.25, -0.2) is 10.4 Å². The van der Waals surface area contributed by atoms with Gasteiger partial charge in [0.2, 0.25) is 5.91 Å². The maximum atomic E-state index is 13.3. The summed E-state index contributed by atoms with van der Waals surface area (Å²) in [5.74, 6) is -0.336. The number of hydrazine groups is 1. The number of nitrogens with one attached hydrogen (secondary N) is 5. The molecule has 5 aliphatic heterocycles. The van der Waals surface area contributed by atoms with E-state index in [9.17, 15) is 4.79 Å². The van der Waals surface area contributed by atoms with E-state index in [1.807, 2.05) is 5.01 Å². The summed E-state index contributed by atoms with van der Waals surface area (Å²) < 4.78 is 0. The van der Waals surface area contributed by atoms with Crippen LogP contribution < -0.4 is 32.4 Å². The molecule has 29 heavy (non-hydrogen) atoms. The highest BCUT2D eigenvalue weighted by atomic mass is 35.5. The third kappa shape index (κ3) is 3.83. The van der Waals surface area contributed by atoms with Crippen LogP contribution in [0.1, 0.15) is 6.42 Å². The van der Waals surface area contributed by atoms with Gasteiger partial charge in [0.1, 0.15) is 0 Å². The number of carbonyl (C=O) groups excluding carboxylic acids is 1. The minimum atomic E-state index is -0.414. The quantitative estimate of drug-likeness (QED) is 0.265. The highest BCUT2D eigenvalue weighted by Crippen LogP contribution is 2.25. The van der Waals surface area contributed by atoms with Crippen molar-refractivity contribution in [2.24, 2.45) is 11.7 Å². The zero-order chi connectivity index (χ0) is 20.0. The monoisotopic (exact) mass is 425 g/mol. The summed E-state index contributed by atoms with van der Waals surface area (Å²) in [6.07, 6.45) is 2.62. The van der Waals surface area contributed by atoms with Crippen molar-refractivity contribution in [3.8, 4) is 0 Å². The number of piperazine rings is 1. The van der Waals surface area contributed by atoms with Gasteiger partial charge in [-0.3, -0.25) is 15.0 Å². The van der Waals surface area contributed by atoms with Crippen molar-refractivity contribution in [1.82, 2.24) is 41.5 Å². The molecule has 162 valence electrons. The number of piperidine rings is 1. The Labute approximate surface area is 176 Å². The molecule has 0 aromatic rings. The molecule has 6 unspecified atom stereocenters. The highest BCUT2D eigenvalue weighted by molar-refractivity contribution is 6.21. The van der Waals surface area contributed by atoms with Crippen molar-refractivity contribution in [2.75, 3.05) is 52.5 Å². The number of carbonyl (C=O) groups is 1. The predicted octanol–water partition coefficient (Wildman–Crippen LogP) is -2.89. The summed E-state index contributed by atoms with van der Waals surface area (Å²) in [7, 11) is 0. The maximum absolute atomic E-state index is 13.3. The number of fused-ring (bicyclic) bond motifs is 2. The molecule has 10 nitrogen and oxygen atoms in total. The molecule has 5 rings (SSSR count). The van der Waals surface area contributed by atoms with Crippen molar-refractivity contribution in [2.45, 2.75) is 36.2 Å². The zero-order valence-corrected chi connectivity index (χ0v) is 17.4. The van der Waals surface area contributed by atoms with E-state index in [2.05, 4.69) is 42.7 Å². The molecule has 5 aliphatic rings. The topological polar surface area (TPSA) is 113 Å². The number of halogens is 1. The second-order valence-electron chi connectivity index (χ2n) is 8.69. The Morgan fingerprint density at radius 1 is 1.31 bits per heavy atom. The number of hydrogen-bond acceptors (Lipinski definition) is 9. The van der Waals surface area contributed by atoms with Crippen LogP contribution in [0.2, 0.25) is 0 Å². The molecule has 1 amide bonds. The van der Waals surface area contributed by atoms with Crippen LogP contribution in [0.25, 0.3) is 0 Å². The van der Waals surface area contributed by atoms with Gasteiger partial charge in [-0.05, 0) is 13.0 Å². The molecule has 0 aliphatic carbocycles. The molecular formula is C18H32ClN9O. The van der Waals surface area contributed by atoms with Crippen LogP contribution in [-0.4, -0.2) is 103 Å². The van der Waals surface area contributed by atoms with Crippen LogP contribution >= 0.6 is 11.6 Å². The summed E-state index contributed by atoms with van der Waals surface area (Å²) in [5, 5.41) is 15.5. The number of hydrogen-bond donors (Lipinski definition) is 6. The molecule has 0 aromatic heterocycles. The van der Waals surface area contributed by atoms with Crippen LogP contribution in [0.5, 0.6) is 0 Å². The van der Waals surface area contributed by atoms with Gasteiger partial charge < -0.3 is 26.6 Å². The lowest BCUT2D eigenvalue weighted by Gasteiger charge is -2.45. The summed E-state index contributed by atoms with van der Waals surface area (Å²) >= 11 is 6.25. The van der Waals surface area contributed by atoms with E-state index in [-0.39, 0.29) is 29.4 Å². The van der Waals surface area contributed by atoms with Crippen LogP contribution in [-0.2, 0) is 4.79 Å². The molecule has 0 saturated carbocycles. The lowest BCUT2D eigenvalue weighted by atomic mass is 9.95. The second-order valence-corrected chi connectivity index (χ2v) is 9.31. The number of amides is 1. The van der Waals surface area contributed by atoms with E-state index in [1.165, 1.54) is 5.70 Å². The molecule has 4 saturated heterocycles. The van der Waals surface area contributed by atoms with Gasteiger partial charge >= 0.3 is 0 Å².